The predicted octanol–water partition coefficient (Wildman–Crippen LogP) is 3.41. The van der Waals surface area contributed by atoms with Crippen LogP contribution in [0, 0.1) is 0 Å². The molecule has 2 aromatic carbocycles. The fourth-order valence-electron chi connectivity index (χ4n) is 2.47. The van der Waals surface area contributed by atoms with E-state index in [9.17, 15) is 9.59 Å². The summed E-state index contributed by atoms with van der Waals surface area (Å²) in [5, 5.41) is 0. The zero-order chi connectivity index (χ0) is 16.9. The van der Waals surface area contributed by atoms with Crippen molar-refractivity contribution in [2.75, 3.05) is 13.4 Å². The number of ether oxygens (including phenoxy) is 3. The summed E-state index contributed by atoms with van der Waals surface area (Å²) >= 11 is 0. The molecule has 5 nitrogen and oxygen atoms in total. The van der Waals surface area contributed by atoms with Gasteiger partial charge < -0.3 is 14.2 Å². The number of Topliss-reactive ketones (excluding diaryl/α,β-unsaturated/α-hetero) is 1. The van der Waals surface area contributed by atoms with E-state index in [-0.39, 0.29) is 19.2 Å². The number of carbonyl (C=O) groups is 2. The molecule has 24 heavy (non-hydrogen) atoms. The first-order valence-electron chi connectivity index (χ1n) is 7.86. The van der Waals surface area contributed by atoms with Crippen LogP contribution in [0.15, 0.2) is 42.5 Å². The van der Waals surface area contributed by atoms with Crippen LogP contribution in [-0.4, -0.2) is 25.2 Å². The van der Waals surface area contributed by atoms with E-state index in [1.807, 2.05) is 12.1 Å². The van der Waals surface area contributed by atoms with E-state index in [1.165, 1.54) is 5.56 Å². The van der Waals surface area contributed by atoms with Gasteiger partial charge in [-0.2, -0.15) is 0 Å². The summed E-state index contributed by atoms with van der Waals surface area (Å²) in [7, 11) is 0. The second-order valence-corrected chi connectivity index (χ2v) is 5.51. The van der Waals surface area contributed by atoms with E-state index in [0.29, 0.717) is 22.6 Å². The molecule has 0 amide bonds. The Morgan fingerprint density at radius 1 is 1.00 bits per heavy atom. The van der Waals surface area contributed by atoms with Crippen molar-refractivity contribution in [3.63, 3.8) is 0 Å². The molecule has 0 saturated carbocycles. The third kappa shape index (κ3) is 3.56. The number of esters is 1. The molecule has 1 aliphatic rings. The fraction of sp³-hybridized carbons (Fsp3) is 0.263. The average molecular weight is 326 g/mol. The Balaban J connectivity index is 1.58. The summed E-state index contributed by atoms with van der Waals surface area (Å²) in [6.45, 7) is 1.95. The Bertz CT molecular complexity index is 749. The first-order valence-corrected chi connectivity index (χ1v) is 7.86. The molecule has 1 aliphatic heterocycles. The van der Waals surface area contributed by atoms with Gasteiger partial charge >= 0.3 is 5.97 Å². The summed E-state index contributed by atoms with van der Waals surface area (Å²) in [5.74, 6) is 0.300. The topological polar surface area (TPSA) is 61.8 Å². The van der Waals surface area contributed by atoms with Crippen molar-refractivity contribution < 1.29 is 23.8 Å². The van der Waals surface area contributed by atoms with E-state index < -0.39 is 5.97 Å². The van der Waals surface area contributed by atoms with Crippen LogP contribution in [0.2, 0.25) is 0 Å². The molecular weight excluding hydrogens is 308 g/mol. The van der Waals surface area contributed by atoms with Crippen LogP contribution < -0.4 is 9.47 Å². The summed E-state index contributed by atoms with van der Waals surface area (Å²) in [4.78, 5) is 24.2. The lowest BCUT2D eigenvalue weighted by Crippen LogP contribution is -2.14. The van der Waals surface area contributed by atoms with E-state index in [0.717, 1.165) is 12.8 Å². The molecule has 0 bridgehead atoms. The molecule has 1 heterocycles. The first-order chi connectivity index (χ1) is 11.7. The van der Waals surface area contributed by atoms with Gasteiger partial charge in [0, 0.05) is 5.56 Å². The van der Waals surface area contributed by atoms with Crippen molar-refractivity contribution >= 4 is 11.8 Å². The molecule has 0 N–H and O–H groups in total. The minimum Gasteiger partial charge on any atom is -0.454 e. The maximum absolute atomic E-state index is 12.1. The van der Waals surface area contributed by atoms with Crippen LogP contribution in [0.25, 0.3) is 0 Å². The van der Waals surface area contributed by atoms with Crippen LogP contribution in [-0.2, 0) is 11.2 Å². The number of fused-ring (bicyclic) bond motifs is 1. The number of carbonyl (C=O) groups excluding carboxylic acids is 2. The smallest absolute Gasteiger partial charge is 0.338 e. The number of ketones is 1. The molecule has 0 fully saturated rings. The van der Waals surface area contributed by atoms with Gasteiger partial charge in [0.15, 0.2) is 23.9 Å². The van der Waals surface area contributed by atoms with Gasteiger partial charge in [0.2, 0.25) is 6.79 Å². The van der Waals surface area contributed by atoms with Crippen molar-refractivity contribution in [2.24, 2.45) is 0 Å². The number of hydrogen-bond donors (Lipinski definition) is 0. The third-order valence-corrected chi connectivity index (χ3v) is 3.76. The monoisotopic (exact) mass is 326 g/mol. The Morgan fingerprint density at radius 2 is 1.71 bits per heavy atom. The average Bonchev–Trinajstić information content (AvgIpc) is 3.08. The molecule has 3 rings (SSSR count). The highest BCUT2D eigenvalue weighted by Gasteiger charge is 2.18. The molecule has 0 radical (unpaired) electrons. The standard InChI is InChI=1S/C19H18O5/c1-2-3-13-4-6-14(7-5-13)16(20)11-22-19(21)15-8-9-17-18(10-15)24-12-23-17/h4-10H,2-3,11-12H2,1H3. The quantitative estimate of drug-likeness (QED) is 0.601. The summed E-state index contributed by atoms with van der Waals surface area (Å²) in [6, 6.07) is 12.2. The molecule has 5 heteroatoms. The first kappa shape index (κ1) is 16.1. The minimum absolute atomic E-state index is 0.139. The van der Waals surface area contributed by atoms with Crippen molar-refractivity contribution in [2.45, 2.75) is 19.8 Å². The minimum atomic E-state index is -0.566. The third-order valence-electron chi connectivity index (χ3n) is 3.76. The molecule has 0 atom stereocenters. The number of hydrogen-bond acceptors (Lipinski definition) is 5. The van der Waals surface area contributed by atoms with Gasteiger partial charge in [0.05, 0.1) is 5.56 Å². The summed E-state index contributed by atoms with van der Waals surface area (Å²) in [5.41, 5.74) is 2.05. The van der Waals surface area contributed by atoms with Gasteiger partial charge in [-0.3, -0.25) is 4.79 Å². The molecular formula is C19H18O5. The molecule has 0 aromatic heterocycles. The molecule has 0 unspecified atom stereocenters. The zero-order valence-corrected chi connectivity index (χ0v) is 13.4. The number of benzene rings is 2. The zero-order valence-electron chi connectivity index (χ0n) is 13.4. The molecule has 0 spiro atoms. The predicted molar refractivity (Wildman–Crippen MR) is 87.6 cm³/mol. The van der Waals surface area contributed by atoms with Crippen LogP contribution in [0.4, 0.5) is 0 Å². The maximum atomic E-state index is 12.1. The highest BCUT2D eigenvalue weighted by Crippen LogP contribution is 2.32. The molecule has 124 valence electrons. The molecule has 2 aromatic rings. The van der Waals surface area contributed by atoms with Gasteiger partial charge in [-0.1, -0.05) is 37.6 Å². The van der Waals surface area contributed by atoms with E-state index >= 15 is 0 Å². The molecule has 0 aliphatic carbocycles. The van der Waals surface area contributed by atoms with E-state index in [4.69, 9.17) is 14.2 Å². The van der Waals surface area contributed by atoms with Crippen LogP contribution in [0.3, 0.4) is 0 Å². The second kappa shape index (κ2) is 7.17. The Labute approximate surface area is 140 Å². The van der Waals surface area contributed by atoms with Crippen molar-refractivity contribution in [3.05, 3.63) is 59.2 Å². The van der Waals surface area contributed by atoms with Crippen molar-refractivity contribution in [3.8, 4) is 11.5 Å². The SMILES string of the molecule is CCCc1ccc(C(=O)COC(=O)c2ccc3c(c2)OCO3)cc1. The Kier molecular flexibility index (Phi) is 4.79. The lowest BCUT2D eigenvalue weighted by atomic mass is 10.1. The Hall–Kier alpha value is -2.82. The van der Waals surface area contributed by atoms with Crippen LogP contribution >= 0.6 is 0 Å². The normalized spacial score (nSPS) is 12.0. The van der Waals surface area contributed by atoms with E-state index in [1.54, 1.807) is 30.3 Å². The lowest BCUT2D eigenvalue weighted by Gasteiger charge is -2.06. The highest BCUT2D eigenvalue weighted by atomic mass is 16.7. The van der Waals surface area contributed by atoms with Gasteiger partial charge in [0.1, 0.15) is 0 Å². The largest absolute Gasteiger partial charge is 0.454 e. The number of rotatable bonds is 6. The van der Waals surface area contributed by atoms with Gasteiger partial charge in [-0.05, 0) is 30.2 Å². The lowest BCUT2D eigenvalue weighted by molar-refractivity contribution is 0.0474. The maximum Gasteiger partial charge on any atom is 0.338 e. The van der Waals surface area contributed by atoms with Crippen molar-refractivity contribution in [1.29, 1.82) is 0 Å². The highest BCUT2D eigenvalue weighted by molar-refractivity contribution is 5.99. The van der Waals surface area contributed by atoms with Gasteiger partial charge in [-0.15, -0.1) is 0 Å². The molecule has 0 saturated heterocycles. The second-order valence-electron chi connectivity index (χ2n) is 5.51. The fourth-order valence-corrected chi connectivity index (χ4v) is 2.47. The number of aryl methyl sites for hydroxylation is 1. The van der Waals surface area contributed by atoms with Gasteiger partial charge in [0.25, 0.3) is 0 Å². The van der Waals surface area contributed by atoms with Crippen LogP contribution in [0.1, 0.15) is 39.6 Å². The summed E-state index contributed by atoms with van der Waals surface area (Å²) < 4.78 is 15.5. The van der Waals surface area contributed by atoms with E-state index in [2.05, 4.69) is 6.92 Å². The Morgan fingerprint density at radius 3 is 2.46 bits per heavy atom. The van der Waals surface area contributed by atoms with Crippen LogP contribution in [0.5, 0.6) is 11.5 Å². The van der Waals surface area contributed by atoms with Gasteiger partial charge in [-0.25, -0.2) is 4.79 Å². The van der Waals surface area contributed by atoms with Crippen molar-refractivity contribution in [1.82, 2.24) is 0 Å². The summed E-state index contributed by atoms with van der Waals surface area (Å²) in [6.07, 6.45) is 2.04.